The van der Waals surface area contributed by atoms with Gasteiger partial charge >= 0.3 is 6.09 Å². The number of non-ortho nitro benzene ring substituents is 1. The van der Waals surface area contributed by atoms with Crippen molar-refractivity contribution < 1.29 is 14.5 Å². The van der Waals surface area contributed by atoms with Crippen LogP contribution in [0.15, 0.2) is 29.4 Å². The number of nitro benzene ring substituents is 1. The number of carbonyl (C=O) groups excluding carboxylic acids is 1. The lowest BCUT2D eigenvalue weighted by Crippen LogP contribution is -2.35. The number of amides is 1. The van der Waals surface area contributed by atoms with E-state index in [-0.39, 0.29) is 11.8 Å². The molecule has 1 aromatic heterocycles. The largest absolute Gasteiger partial charge is 0.444 e. The summed E-state index contributed by atoms with van der Waals surface area (Å²) < 4.78 is 5.42. The first kappa shape index (κ1) is 19.3. The molecule has 8 nitrogen and oxygen atoms in total. The number of thioether (sulfide) groups is 1. The Hall–Kier alpha value is -2.42. The van der Waals surface area contributed by atoms with Crippen molar-refractivity contribution in [3.05, 3.63) is 34.5 Å². The van der Waals surface area contributed by atoms with Crippen molar-refractivity contribution in [3.8, 4) is 0 Å². The van der Waals surface area contributed by atoms with Gasteiger partial charge < -0.3 is 9.64 Å². The summed E-state index contributed by atoms with van der Waals surface area (Å²) in [5.74, 6) is 1.20. The van der Waals surface area contributed by atoms with Crippen LogP contribution < -0.4 is 0 Å². The van der Waals surface area contributed by atoms with E-state index < -0.39 is 10.5 Å². The molecule has 27 heavy (non-hydrogen) atoms. The van der Waals surface area contributed by atoms with Crippen molar-refractivity contribution in [1.82, 2.24) is 14.9 Å². The number of fused-ring (bicyclic) bond motifs is 1. The molecule has 0 spiro atoms. The molecule has 144 valence electrons. The molecule has 1 saturated heterocycles. The molecule has 0 unspecified atom stereocenters. The summed E-state index contributed by atoms with van der Waals surface area (Å²) in [5.41, 5.74) is 0.656. The number of rotatable bonds is 4. The number of nitrogens with zero attached hydrogens (tertiary/aromatic N) is 4. The maximum Gasteiger partial charge on any atom is 0.410 e. The quantitative estimate of drug-likeness (QED) is 0.444. The van der Waals surface area contributed by atoms with E-state index in [1.807, 2.05) is 20.8 Å². The summed E-state index contributed by atoms with van der Waals surface area (Å²) in [6.07, 6.45) is 2.30. The van der Waals surface area contributed by atoms with Gasteiger partial charge in [0, 0.05) is 31.0 Å². The lowest BCUT2D eigenvalue weighted by atomic mass is 10.2. The minimum atomic E-state index is -0.486. The van der Waals surface area contributed by atoms with Crippen molar-refractivity contribution in [1.29, 1.82) is 0 Å². The molecule has 3 rings (SSSR count). The van der Waals surface area contributed by atoms with Crippen molar-refractivity contribution in [2.24, 2.45) is 5.92 Å². The van der Waals surface area contributed by atoms with E-state index in [0.717, 1.165) is 17.2 Å². The summed E-state index contributed by atoms with van der Waals surface area (Å²) >= 11 is 1.58. The Labute approximate surface area is 161 Å². The maximum absolute atomic E-state index is 12.1. The average molecular weight is 390 g/mol. The van der Waals surface area contributed by atoms with Gasteiger partial charge in [-0.15, -0.1) is 11.8 Å². The van der Waals surface area contributed by atoms with Crippen molar-refractivity contribution >= 4 is 34.6 Å². The second-order valence-electron chi connectivity index (χ2n) is 7.53. The molecular weight excluding hydrogens is 368 g/mol. The van der Waals surface area contributed by atoms with Gasteiger partial charge in [-0.05, 0) is 39.2 Å². The highest BCUT2D eigenvalue weighted by atomic mass is 32.2. The van der Waals surface area contributed by atoms with Gasteiger partial charge in [-0.1, -0.05) is 0 Å². The Balaban J connectivity index is 1.57. The molecule has 0 saturated carbocycles. The van der Waals surface area contributed by atoms with Crippen LogP contribution in [0, 0.1) is 16.0 Å². The molecule has 9 heteroatoms. The lowest BCUT2D eigenvalue weighted by molar-refractivity contribution is -0.384. The summed E-state index contributed by atoms with van der Waals surface area (Å²) in [6, 6.07) is 4.47. The summed E-state index contributed by atoms with van der Waals surface area (Å²) in [7, 11) is 0. The van der Waals surface area contributed by atoms with Gasteiger partial charge in [0.1, 0.15) is 10.6 Å². The van der Waals surface area contributed by atoms with E-state index in [0.29, 0.717) is 30.0 Å². The highest BCUT2D eigenvalue weighted by Gasteiger charge is 2.29. The van der Waals surface area contributed by atoms with Crippen LogP contribution in [0.2, 0.25) is 0 Å². The molecule has 1 aromatic carbocycles. The van der Waals surface area contributed by atoms with Gasteiger partial charge in [0.2, 0.25) is 0 Å². The number of likely N-dealkylation sites (tertiary alicyclic amines) is 1. The van der Waals surface area contributed by atoms with Gasteiger partial charge in [0.15, 0.2) is 0 Å². The van der Waals surface area contributed by atoms with E-state index in [9.17, 15) is 14.9 Å². The zero-order valence-corrected chi connectivity index (χ0v) is 16.4. The first-order chi connectivity index (χ1) is 12.7. The minimum Gasteiger partial charge on any atom is -0.444 e. The molecule has 0 radical (unpaired) electrons. The van der Waals surface area contributed by atoms with E-state index in [1.54, 1.807) is 28.9 Å². The fourth-order valence-electron chi connectivity index (χ4n) is 2.83. The minimum absolute atomic E-state index is 0.00499. The summed E-state index contributed by atoms with van der Waals surface area (Å²) in [4.78, 5) is 33.1. The molecule has 0 bridgehead atoms. The molecular formula is C18H22N4O4S. The summed E-state index contributed by atoms with van der Waals surface area (Å²) in [5, 5.41) is 11.6. The van der Waals surface area contributed by atoms with Gasteiger partial charge in [0.05, 0.1) is 22.2 Å². The molecule has 2 heterocycles. The Morgan fingerprint density at radius 1 is 1.41 bits per heavy atom. The summed E-state index contributed by atoms with van der Waals surface area (Å²) in [6.45, 7) is 6.96. The molecule has 2 aromatic rings. The topological polar surface area (TPSA) is 98.5 Å². The standard InChI is InChI=1S/C18H22N4O4S/c1-18(2,3)26-17(23)21-7-6-12(10-21)11-27-16-9-19-15-8-13(22(24)25)4-5-14(15)20-16/h4-5,8-9,12H,6-7,10-11H2,1-3H3/t12-/m1/s1. The SMILES string of the molecule is CC(C)(C)OC(=O)N1CC[C@@H](CSc2cnc3cc([N+](=O)[O-])ccc3n2)C1. The number of benzene rings is 1. The van der Waals surface area contributed by atoms with Crippen LogP contribution in [0.4, 0.5) is 10.5 Å². The van der Waals surface area contributed by atoms with E-state index in [2.05, 4.69) is 9.97 Å². The number of nitro groups is 1. The van der Waals surface area contributed by atoms with Crippen LogP contribution in [-0.4, -0.2) is 50.3 Å². The molecule has 1 atom stereocenters. The number of carbonyl (C=O) groups is 1. The van der Waals surface area contributed by atoms with Crippen molar-refractivity contribution in [2.75, 3.05) is 18.8 Å². The smallest absolute Gasteiger partial charge is 0.410 e. The predicted molar refractivity (Wildman–Crippen MR) is 103 cm³/mol. The third kappa shape index (κ3) is 5.06. The predicted octanol–water partition coefficient (Wildman–Crippen LogP) is 3.89. The van der Waals surface area contributed by atoms with E-state index in [4.69, 9.17) is 4.74 Å². The second-order valence-corrected chi connectivity index (χ2v) is 8.57. The Morgan fingerprint density at radius 3 is 2.89 bits per heavy atom. The third-order valence-electron chi connectivity index (χ3n) is 4.12. The van der Waals surface area contributed by atoms with Crippen molar-refractivity contribution in [3.63, 3.8) is 0 Å². The first-order valence-electron chi connectivity index (χ1n) is 8.73. The van der Waals surface area contributed by atoms with Crippen LogP contribution in [0.1, 0.15) is 27.2 Å². The van der Waals surface area contributed by atoms with Crippen LogP contribution in [-0.2, 0) is 4.74 Å². The monoisotopic (exact) mass is 390 g/mol. The number of ether oxygens (including phenoxy) is 1. The van der Waals surface area contributed by atoms with Gasteiger partial charge in [-0.2, -0.15) is 0 Å². The van der Waals surface area contributed by atoms with Crippen LogP contribution in [0.3, 0.4) is 0 Å². The Kier molecular flexibility index (Phi) is 5.50. The normalized spacial score (nSPS) is 17.3. The number of hydrogen-bond acceptors (Lipinski definition) is 7. The fourth-order valence-corrected chi connectivity index (χ4v) is 3.80. The van der Waals surface area contributed by atoms with Gasteiger partial charge in [0.25, 0.3) is 5.69 Å². The average Bonchev–Trinajstić information content (AvgIpc) is 3.07. The highest BCUT2D eigenvalue weighted by Crippen LogP contribution is 2.27. The Morgan fingerprint density at radius 2 is 2.19 bits per heavy atom. The van der Waals surface area contributed by atoms with Crippen LogP contribution in [0.5, 0.6) is 0 Å². The fraction of sp³-hybridized carbons (Fsp3) is 0.500. The lowest BCUT2D eigenvalue weighted by Gasteiger charge is -2.24. The highest BCUT2D eigenvalue weighted by molar-refractivity contribution is 7.99. The number of hydrogen-bond donors (Lipinski definition) is 0. The van der Waals surface area contributed by atoms with Gasteiger partial charge in [-0.25, -0.2) is 9.78 Å². The zero-order valence-electron chi connectivity index (χ0n) is 15.5. The molecule has 0 aliphatic carbocycles. The second kappa shape index (κ2) is 7.67. The van der Waals surface area contributed by atoms with Crippen molar-refractivity contribution in [2.45, 2.75) is 37.8 Å². The van der Waals surface area contributed by atoms with Crippen LogP contribution in [0.25, 0.3) is 11.0 Å². The molecule has 1 aliphatic rings. The molecule has 1 amide bonds. The van der Waals surface area contributed by atoms with Crippen LogP contribution >= 0.6 is 11.8 Å². The van der Waals surface area contributed by atoms with E-state index in [1.165, 1.54) is 12.1 Å². The number of aromatic nitrogens is 2. The first-order valence-corrected chi connectivity index (χ1v) is 9.72. The zero-order chi connectivity index (χ0) is 19.6. The molecule has 1 fully saturated rings. The maximum atomic E-state index is 12.1. The molecule has 1 aliphatic heterocycles. The van der Waals surface area contributed by atoms with Gasteiger partial charge in [-0.3, -0.25) is 15.1 Å². The third-order valence-corrected chi connectivity index (χ3v) is 5.25. The molecule has 0 N–H and O–H groups in total. The Bertz CT molecular complexity index is 868. The van der Waals surface area contributed by atoms with E-state index >= 15 is 0 Å².